The van der Waals surface area contributed by atoms with Gasteiger partial charge in [-0.2, -0.15) is 0 Å². The first-order chi connectivity index (χ1) is 18.0. The minimum Gasteiger partial charge on any atom is -0.507 e. The van der Waals surface area contributed by atoms with Crippen LogP contribution in [0.2, 0.25) is 0 Å². The van der Waals surface area contributed by atoms with Gasteiger partial charge in [0, 0.05) is 24.5 Å². The summed E-state index contributed by atoms with van der Waals surface area (Å²) in [4.78, 5) is 32.1. The molecule has 1 N–H and O–H groups in total. The third kappa shape index (κ3) is 6.00. The summed E-state index contributed by atoms with van der Waals surface area (Å²) >= 11 is 0. The number of amides is 1. The maximum atomic E-state index is 13.3. The second kappa shape index (κ2) is 12.2. The molecule has 1 amide bonds. The normalized spacial score (nSPS) is 16.7. The van der Waals surface area contributed by atoms with Crippen molar-refractivity contribution in [1.29, 1.82) is 0 Å². The number of hydrogen-bond acceptors (Lipinski definition) is 6. The van der Waals surface area contributed by atoms with Gasteiger partial charge in [0.15, 0.2) is 0 Å². The van der Waals surface area contributed by atoms with Crippen LogP contribution in [0, 0.1) is 0 Å². The smallest absolute Gasteiger partial charge is 0.295 e. The van der Waals surface area contributed by atoms with Crippen molar-refractivity contribution in [2.75, 3.05) is 13.2 Å². The summed E-state index contributed by atoms with van der Waals surface area (Å²) in [6.07, 6.45) is 6.09. The Morgan fingerprint density at radius 1 is 0.919 bits per heavy atom. The summed E-state index contributed by atoms with van der Waals surface area (Å²) in [6.45, 7) is 5.46. The number of nitrogens with zero attached hydrogens (tertiary/aromatic N) is 2. The van der Waals surface area contributed by atoms with Gasteiger partial charge >= 0.3 is 0 Å². The van der Waals surface area contributed by atoms with E-state index < -0.39 is 17.7 Å². The zero-order valence-electron chi connectivity index (χ0n) is 21.2. The highest BCUT2D eigenvalue weighted by molar-refractivity contribution is 6.46. The molecule has 3 aromatic rings. The van der Waals surface area contributed by atoms with Crippen molar-refractivity contribution in [2.24, 2.45) is 0 Å². The van der Waals surface area contributed by atoms with Crippen LogP contribution in [0.3, 0.4) is 0 Å². The van der Waals surface area contributed by atoms with Gasteiger partial charge in [0.1, 0.15) is 17.3 Å². The van der Waals surface area contributed by atoms with E-state index in [1.807, 2.05) is 31.2 Å². The lowest BCUT2D eigenvalue weighted by molar-refractivity contribution is -0.140. The second-order valence-electron chi connectivity index (χ2n) is 8.93. The summed E-state index contributed by atoms with van der Waals surface area (Å²) in [5.41, 5.74) is 2.00. The van der Waals surface area contributed by atoms with E-state index >= 15 is 0 Å². The zero-order valence-corrected chi connectivity index (χ0v) is 21.2. The Balaban J connectivity index is 1.75. The number of hydrogen-bond donors (Lipinski definition) is 1. The van der Waals surface area contributed by atoms with Gasteiger partial charge in [0.25, 0.3) is 11.7 Å². The van der Waals surface area contributed by atoms with Gasteiger partial charge < -0.3 is 19.5 Å². The Morgan fingerprint density at radius 2 is 1.65 bits per heavy atom. The van der Waals surface area contributed by atoms with Gasteiger partial charge in [-0.3, -0.25) is 14.6 Å². The summed E-state index contributed by atoms with van der Waals surface area (Å²) in [5.74, 6) is -0.316. The zero-order chi connectivity index (χ0) is 26.2. The molecule has 7 nitrogen and oxygen atoms in total. The average molecular weight is 501 g/mol. The molecule has 7 heteroatoms. The SMILES string of the molecule is CCCCOc1cccc(C(O)=C2C(=O)C(=O)N(Cc3ccncc3)C2c2ccc(OCCC)cc2)c1. The standard InChI is InChI=1S/C30H32N2O5/c1-3-5-18-37-25-8-6-7-23(19-25)28(33)26-27(22-9-11-24(12-10-22)36-17-4-2)32(30(35)29(26)34)20-21-13-15-31-16-14-21/h6-16,19,27,33H,3-5,17-18,20H2,1-2H3. The number of rotatable bonds is 11. The lowest BCUT2D eigenvalue weighted by Crippen LogP contribution is -2.29. The number of aromatic nitrogens is 1. The van der Waals surface area contributed by atoms with Crippen LogP contribution in [-0.2, 0) is 16.1 Å². The number of pyridine rings is 1. The molecular formula is C30H32N2O5. The number of aliphatic hydroxyl groups is 1. The summed E-state index contributed by atoms with van der Waals surface area (Å²) in [5, 5.41) is 11.4. The summed E-state index contributed by atoms with van der Waals surface area (Å²) < 4.78 is 11.5. The molecule has 2 aromatic carbocycles. The Labute approximate surface area is 217 Å². The lowest BCUT2D eigenvalue weighted by atomic mass is 9.95. The molecule has 1 aliphatic heterocycles. The summed E-state index contributed by atoms with van der Waals surface area (Å²) in [6, 6.07) is 17.1. The van der Waals surface area contributed by atoms with Gasteiger partial charge in [0.2, 0.25) is 0 Å². The molecule has 1 aliphatic rings. The number of unbranched alkanes of at least 4 members (excludes halogenated alkanes) is 1. The van der Waals surface area contributed by atoms with Gasteiger partial charge in [-0.25, -0.2) is 0 Å². The van der Waals surface area contributed by atoms with E-state index in [4.69, 9.17) is 9.47 Å². The van der Waals surface area contributed by atoms with Gasteiger partial charge in [-0.15, -0.1) is 0 Å². The van der Waals surface area contributed by atoms with Crippen LogP contribution in [0.5, 0.6) is 11.5 Å². The third-order valence-corrected chi connectivity index (χ3v) is 6.19. The third-order valence-electron chi connectivity index (χ3n) is 6.19. The molecule has 1 atom stereocenters. The van der Waals surface area contributed by atoms with Crippen molar-refractivity contribution >= 4 is 17.4 Å². The molecule has 0 bridgehead atoms. The number of Topliss-reactive ketones (excluding diaryl/α,β-unsaturated/α-hetero) is 1. The van der Waals surface area contributed by atoms with Crippen molar-refractivity contribution in [2.45, 2.75) is 45.7 Å². The first kappa shape index (κ1) is 25.9. The van der Waals surface area contributed by atoms with E-state index in [1.165, 1.54) is 4.90 Å². The van der Waals surface area contributed by atoms with Crippen molar-refractivity contribution < 1.29 is 24.2 Å². The largest absolute Gasteiger partial charge is 0.507 e. The van der Waals surface area contributed by atoms with Crippen molar-refractivity contribution in [3.63, 3.8) is 0 Å². The highest BCUT2D eigenvalue weighted by Crippen LogP contribution is 2.41. The average Bonchev–Trinajstić information content (AvgIpc) is 3.17. The van der Waals surface area contributed by atoms with Crippen LogP contribution < -0.4 is 9.47 Å². The first-order valence-corrected chi connectivity index (χ1v) is 12.7. The molecule has 192 valence electrons. The van der Waals surface area contributed by atoms with Crippen LogP contribution in [-0.4, -0.2) is 39.9 Å². The van der Waals surface area contributed by atoms with Gasteiger partial charge in [-0.05, 0) is 60.4 Å². The molecule has 4 rings (SSSR count). The Morgan fingerprint density at radius 3 is 2.35 bits per heavy atom. The second-order valence-corrected chi connectivity index (χ2v) is 8.93. The highest BCUT2D eigenvalue weighted by Gasteiger charge is 2.46. The van der Waals surface area contributed by atoms with E-state index in [1.54, 1.807) is 48.8 Å². The number of carbonyl (C=O) groups excluding carboxylic acids is 2. The molecular weight excluding hydrogens is 468 g/mol. The number of carbonyl (C=O) groups is 2. The van der Waals surface area contributed by atoms with Crippen LogP contribution in [0.4, 0.5) is 0 Å². The number of likely N-dealkylation sites (tertiary alicyclic amines) is 1. The quantitative estimate of drug-likeness (QED) is 0.158. The molecule has 2 heterocycles. The molecule has 37 heavy (non-hydrogen) atoms. The van der Waals surface area contributed by atoms with Crippen LogP contribution in [0.25, 0.3) is 5.76 Å². The Kier molecular flexibility index (Phi) is 8.56. The molecule has 0 radical (unpaired) electrons. The fraction of sp³-hybridized carbons (Fsp3) is 0.300. The van der Waals surface area contributed by atoms with E-state index in [9.17, 15) is 14.7 Å². The predicted octanol–water partition coefficient (Wildman–Crippen LogP) is 5.67. The molecule has 1 aromatic heterocycles. The number of ether oxygens (including phenoxy) is 2. The van der Waals surface area contributed by atoms with E-state index in [0.29, 0.717) is 35.8 Å². The molecule has 1 unspecified atom stereocenters. The predicted molar refractivity (Wildman–Crippen MR) is 141 cm³/mol. The Hall–Kier alpha value is -4.13. The molecule has 0 spiro atoms. The number of ketones is 1. The topological polar surface area (TPSA) is 89.0 Å². The van der Waals surface area contributed by atoms with Crippen LogP contribution in [0.1, 0.15) is 55.8 Å². The summed E-state index contributed by atoms with van der Waals surface area (Å²) in [7, 11) is 0. The number of aliphatic hydroxyl groups excluding tert-OH is 1. The Bertz CT molecular complexity index is 1250. The maximum Gasteiger partial charge on any atom is 0.295 e. The van der Waals surface area contributed by atoms with Crippen molar-refractivity contribution in [3.05, 3.63) is 95.3 Å². The molecule has 1 fully saturated rings. The van der Waals surface area contributed by atoms with E-state index in [0.717, 1.165) is 24.8 Å². The fourth-order valence-electron chi connectivity index (χ4n) is 4.26. The monoisotopic (exact) mass is 500 g/mol. The maximum absolute atomic E-state index is 13.3. The number of benzene rings is 2. The van der Waals surface area contributed by atoms with Crippen LogP contribution in [0.15, 0.2) is 78.6 Å². The van der Waals surface area contributed by atoms with Gasteiger partial charge in [-0.1, -0.05) is 44.5 Å². The van der Waals surface area contributed by atoms with E-state index in [2.05, 4.69) is 11.9 Å². The molecule has 1 saturated heterocycles. The fourth-order valence-corrected chi connectivity index (χ4v) is 4.26. The van der Waals surface area contributed by atoms with E-state index in [-0.39, 0.29) is 17.9 Å². The minimum atomic E-state index is -0.766. The van der Waals surface area contributed by atoms with Crippen molar-refractivity contribution in [1.82, 2.24) is 9.88 Å². The molecule has 0 aliphatic carbocycles. The van der Waals surface area contributed by atoms with Crippen molar-refractivity contribution in [3.8, 4) is 11.5 Å². The lowest BCUT2D eigenvalue weighted by Gasteiger charge is -2.25. The highest BCUT2D eigenvalue weighted by atomic mass is 16.5. The first-order valence-electron chi connectivity index (χ1n) is 12.7. The van der Waals surface area contributed by atoms with Gasteiger partial charge in [0.05, 0.1) is 24.8 Å². The molecule has 0 saturated carbocycles. The van der Waals surface area contributed by atoms with Crippen LogP contribution >= 0.6 is 0 Å². The minimum absolute atomic E-state index is 0.0481.